The molecule has 0 atom stereocenters. The van der Waals surface area contributed by atoms with Gasteiger partial charge in [-0.2, -0.15) is 0 Å². The van der Waals surface area contributed by atoms with Gasteiger partial charge in [-0.05, 0) is 48.9 Å². The molecule has 1 aromatic heterocycles. The highest BCUT2D eigenvalue weighted by atomic mass is 32.2. The molecular formula is C24H23N3O6S. The first kappa shape index (κ1) is 23.3. The summed E-state index contributed by atoms with van der Waals surface area (Å²) in [5.41, 5.74) is 1.74. The molecule has 0 saturated heterocycles. The van der Waals surface area contributed by atoms with E-state index in [2.05, 4.69) is 10.0 Å². The minimum atomic E-state index is -3.84. The summed E-state index contributed by atoms with van der Waals surface area (Å²) in [4.78, 5) is 24.8. The second-order valence-electron chi connectivity index (χ2n) is 7.40. The summed E-state index contributed by atoms with van der Waals surface area (Å²) in [6.07, 6.45) is 0. The third-order valence-electron chi connectivity index (χ3n) is 5.01. The Bertz CT molecular complexity index is 1460. The molecular weight excluding hydrogens is 458 g/mol. The van der Waals surface area contributed by atoms with Crippen molar-refractivity contribution in [3.63, 3.8) is 0 Å². The average Bonchev–Trinajstić information content (AvgIpc) is 3.14. The second-order valence-corrected chi connectivity index (χ2v) is 9.17. The van der Waals surface area contributed by atoms with Crippen LogP contribution < -0.4 is 20.5 Å². The minimum Gasteiger partial charge on any atom is -0.494 e. The van der Waals surface area contributed by atoms with Gasteiger partial charge in [-0.1, -0.05) is 30.3 Å². The quantitative estimate of drug-likeness (QED) is 0.379. The molecule has 0 radical (unpaired) electrons. The summed E-state index contributed by atoms with van der Waals surface area (Å²) in [7, 11) is -3.84. The van der Waals surface area contributed by atoms with Gasteiger partial charge in [0.25, 0.3) is 0 Å². The van der Waals surface area contributed by atoms with Crippen molar-refractivity contribution in [1.82, 2.24) is 9.29 Å². The summed E-state index contributed by atoms with van der Waals surface area (Å²) < 4.78 is 39.6. The number of sulfonamides is 1. The Labute approximate surface area is 196 Å². The normalized spacial score (nSPS) is 11.4. The van der Waals surface area contributed by atoms with Gasteiger partial charge in [0, 0.05) is 18.3 Å². The third-order valence-corrected chi connectivity index (χ3v) is 6.41. The number of amides is 1. The first-order valence-corrected chi connectivity index (χ1v) is 12.0. The number of oxazole rings is 1. The van der Waals surface area contributed by atoms with Gasteiger partial charge in [-0.15, -0.1) is 0 Å². The van der Waals surface area contributed by atoms with Gasteiger partial charge >= 0.3 is 5.76 Å². The highest BCUT2D eigenvalue weighted by Gasteiger charge is 2.19. The van der Waals surface area contributed by atoms with Crippen LogP contribution in [0.25, 0.3) is 11.1 Å². The van der Waals surface area contributed by atoms with Gasteiger partial charge in [-0.25, -0.2) is 17.9 Å². The van der Waals surface area contributed by atoms with E-state index in [0.717, 1.165) is 10.1 Å². The SMILES string of the molecule is CCOc1ccc(NC(=O)Cn2c(=O)oc3cc(S(=O)(=O)NCc4ccccc4)ccc32)cc1. The van der Waals surface area contributed by atoms with Crippen molar-refractivity contribution in [2.75, 3.05) is 11.9 Å². The van der Waals surface area contributed by atoms with Crippen LogP contribution >= 0.6 is 0 Å². The number of nitrogens with zero attached hydrogens (tertiary/aromatic N) is 1. The number of hydrogen-bond acceptors (Lipinski definition) is 6. The number of carbonyl (C=O) groups is 1. The maximum absolute atomic E-state index is 12.7. The molecule has 4 rings (SSSR count). The van der Waals surface area contributed by atoms with Crippen LogP contribution in [0.1, 0.15) is 12.5 Å². The fraction of sp³-hybridized carbons (Fsp3) is 0.167. The molecule has 0 fully saturated rings. The number of fused-ring (bicyclic) bond motifs is 1. The lowest BCUT2D eigenvalue weighted by Crippen LogP contribution is -2.24. The van der Waals surface area contributed by atoms with Crippen LogP contribution in [0.5, 0.6) is 5.75 Å². The van der Waals surface area contributed by atoms with Gasteiger partial charge in [0.1, 0.15) is 12.3 Å². The molecule has 0 saturated carbocycles. The molecule has 1 amide bonds. The molecule has 4 aromatic rings. The standard InChI is InChI=1S/C24H23N3O6S/c1-2-32-19-10-8-18(9-11-19)26-23(28)16-27-21-13-12-20(14-22(21)33-24(27)29)34(30,31)25-15-17-6-4-3-5-7-17/h3-14,25H,2,15-16H2,1H3,(H,26,28). The van der Waals surface area contributed by atoms with Crippen molar-refractivity contribution in [2.45, 2.75) is 24.9 Å². The third kappa shape index (κ3) is 5.36. The number of benzene rings is 3. The maximum atomic E-state index is 12.7. The van der Waals surface area contributed by atoms with Crippen LogP contribution in [0.3, 0.4) is 0 Å². The number of rotatable bonds is 9. The Morgan fingerprint density at radius 1 is 1.03 bits per heavy atom. The molecule has 0 unspecified atom stereocenters. The molecule has 9 nitrogen and oxygen atoms in total. The zero-order valence-corrected chi connectivity index (χ0v) is 19.2. The summed E-state index contributed by atoms with van der Waals surface area (Å²) in [6.45, 7) is 2.24. The second kappa shape index (κ2) is 9.94. The van der Waals surface area contributed by atoms with Crippen molar-refractivity contribution in [3.8, 4) is 5.75 Å². The lowest BCUT2D eigenvalue weighted by Gasteiger charge is -2.08. The summed E-state index contributed by atoms with van der Waals surface area (Å²) in [6, 6.07) is 20.0. The van der Waals surface area contributed by atoms with E-state index in [9.17, 15) is 18.0 Å². The van der Waals surface area contributed by atoms with Crippen molar-refractivity contribution in [1.29, 1.82) is 0 Å². The molecule has 1 heterocycles. The predicted octanol–water partition coefficient (Wildman–Crippen LogP) is 3.11. The Balaban J connectivity index is 1.48. The average molecular weight is 482 g/mol. The molecule has 2 N–H and O–H groups in total. The minimum absolute atomic E-state index is 0.0457. The Morgan fingerprint density at radius 2 is 1.76 bits per heavy atom. The molecule has 176 valence electrons. The van der Waals surface area contributed by atoms with E-state index in [1.54, 1.807) is 24.3 Å². The fourth-order valence-electron chi connectivity index (χ4n) is 3.37. The monoisotopic (exact) mass is 481 g/mol. The summed E-state index contributed by atoms with van der Waals surface area (Å²) in [5.74, 6) is -0.514. The fourth-order valence-corrected chi connectivity index (χ4v) is 4.40. The molecule has 10 heteroatoms. The van der Waals surface area contributed by atoms with Crippen LogP contribution in [-0.4, -0.2) is 25.5 Å². The largest absolute Gasteiger partial charge is 0.494 e. The first-order valence-electron chi connectivity index (χ1n) is 10.6. The van der Waals surface area contributed by atoms with Gasteiger partial charge in [0.15, 0.2) is 5.58 Å². The van der Waals surface area contributed by atoms with Gasteiger partial charge in [0.2, 0.25) is 15.9 Å². The van der Waals surface area contributed by atoms with Crippen LogP contribution in [-0.2, 0) is 27.9 Å². The number of carbonyl (C=O) groups excluding carboxylic acids is 1. The van der Waals surface area contributed by atoms with Crippen molar-refractivity contribution in [2.24, 2.45) is 0 Å². The van der Waals surface area contributed by atoms with Crippen LogP contribution in [0, 0.1) is 0 Å². The van der Waals surface area contributed by atoms with E-state index in [0.29, 0.717) is 23.6 Å². The molecule has 3 aromatic carbocycles. The zero-order chi connectivity index (χ0) is 24.1. The van der Waals surface area contributed by atoms with Gasteiger partial charge < -0.3 is 14.5 Å². The van der Waals surface area contributed by atoms with Crippen molar-refractivity contribution >= 4 is 32.7 Å². The van der Waals surface area contributed by atoms with Gasteiger partial charge in [0.05, 0.1) is 17.0 Å². The van der Waals surface area contributed by atoms with Crippen molar-refractivity contribution < 1.29 is 22.4 Å². The van der Waals surface area contributed by atoms with Gasteiger partial charge in [-0.3, -0.25) is 9.36 Å². The summed E-state index contributed by atoms with van der Waals surface area (Å²) >= 11 is 0. The van der Waals surface area contributed by atoms with Crippen LogP contribution in [0.4, 0.5) is 5.69 Å². The lowest BCUT2D eigenvalue weighted by molar-refractivity contribution is -0.116. The topological polar surface area (TPSA) is 120 Å². The van der Waals surface area contributed by atoms with E-state index in [1.807, 2.05) is 37.3 Å². The van der Waals surface area contributed by atoms with E-state index in [-0.39, 0.29) is 23.6 Å². The lowest BCUT2D eigenvalue weighted by atomic mass is 10.2. The Kier molecular flexibility index (Phi) is 6.80. The van der Waals surface area contributed by atoms with E-state index in [4.69, 9.17) is 9.15 Å². The maximum Gasteiger partial charge on any atom is 0.420 e. The number of nitrogens with one attached hydrogen (secondary N) is 2. The zero-order valence-electron chi connectivity index (χ0n) is 18.4. The van der Waals surface area contributed by atoms with E-state index >= 15 is 0 Å². The molecule has 0 aliphatic rings. The van der Waals surface area contributed by atoms with E-state index in [1.165, 1.54) is 18.2 Å². The molecule has 0 aliphatic carbocycles. The van der Waals surface area contributed by atoms with E-state index < -0.39 is 21.7 Å². The highest BCUT2D eigenvalue weighted by Crippen LogP contribution is 2.20. The predicted molar refractivity (Wildman–Crippen MR) is 127 cm³/mol. The number of aromatic nitrogens is 1. The summed E-state index contributed by atoms with van der Waals surface area (Å²) in [5, 5.41) is 2.71. The van der Waals surface area contributed by atoms with Crippen LogP contribution in [0.15, 0.2) is 86.9 Å². The number of hydrogen-bond donors (Lipinski definition) is 2. The number of anilines is 1. The number of ether oxygens (including phenoxy) is 1. The Morgan fingerprint density at radius 3 is 2.47 bits per heavy atom. The molecule has 0 aliphatic heterocycles. The highest BCUT2D eigenvalue weighted by molar-refractivity contribution is 7.89. The first-order chi connectivity index (χ1) is 16.4. The molecule has 34 heavy (non-hydrogen) atoms. The molecule has 0 bridgehead atoms. The van der Waals surface area contributed by atoms with Crippen LogP contribution in [0.2, 0.25) is 0 Å². The smallest absolute Gasteiger partial charge is 0.420 e. The molecule has 0 spiro atoms. The van der Waals surface area contributed by atoms with Crippen molar-refractivity contribution in [3.05, 3.63) is 88.9 Å². The Hall–Kier alpha value is -3.89.